The Morgan fingerprint density at radius 1 is 1.38 bits per heavy atom. The Balaban J connectivity index is 1.61. The third-order valence-corrected chi connectivity index (χ3v) is 3.44. The van der Waals surface area contributed by atoms with Crippen LogP contribution in [0.5, 0.6) is 0 Å². The summed E-state index contributed by atoms with van der Waals surface area (Å²) in [6.07, 6.45) is 5.60. The topological polar surface area (TPSA) is 15.3 Å². The van der Waals surface area contributed by atoms with Crippen molar-refractivity contribution in [1.82, 2.24) is 10.2 Å². The van der Waals surface area contributed by atoms with E-state index in [1.807, 2.05) is 0 Å². The van der Waals surface area contributed by atoms with E-state index in [-0.39, 0.29) is 0 Å². The van der Waals surface area contributed by atoms with E-state index in [9.17, 15) is 0 Å². The summed E-state index contributed by atoms with van der Waals surface area (Å²) in [5, 5.41) is 3.59. The van der Waals surface area contributed by atoms with Crippen LogP contribution in [-0.4, -0.2) is 37.1 Å². The van der Waals surface area contributed by atoms with Crippen molar-refractivity contribution in [3.05, 3.63) is 0 Å². The molecule has 1 aliphatic carbocycles. The van der Waals surface area contributed by atoms with Crippen molar-refractivity contribution in [3.8, 4) is 0 Å². The van der Waals surface area contributed by atoms with Crippen molar-refractivity contribution in [2.45, 2.75) is 44.7 Å². The summed E-state index contributed by atoms with van der Waals surface area (Å²) in [6.45, 7) is 4.87. The Hall–Kier alpha value is -0.0800. The van der Waals surface area contributed by atoms with Crippen molar-refractivity contribution in [3.63, 3.8) is 0 Å². The molecule has 2 nitrogen and oxygen atoms in total. The number of nitrogens with zero attached hydrogens (tertiary/aromatic N) is 1. The van der Waals surface area contributed by atoms with Gasteiger partial charge in [0.15, 0.2) is 0 Å². The van der Waals surface area contributed by atoms with Crippen LogP contribution in [0.15, 0.2) is 0 Å². The van der Waals surface area contributed by atoms with Crippen LogP contribution >= 0.6 is 0 Å². The molecule has 0 radical (unpaired) electrons. The number of rotatable bonds is 4. The minimum atomic E-state index is 0.802. The van der Waals surface area contributed by atoms with Crippen LogP contribution in [-0.2, 0) is 0 Å². The Bertz CT molecular complexity index is 165. The lowest BCUT2D eigenvalue weighted by Gasteiger charge is -2.18. The van der Waals surface area contributed by atoms with Gasteiger partial charge in [0.1, 0.15) is 0 Å². The van der Waals surface area contributed by atoms with Crippen LogP contribution in [0.25, 0.3) is 0 Å². The zero-order chi connectivity index (χ0) is 9.26. The van der Waals surface area contributed by atoms with Gasteiger partial charge >= 0.3 is 0 Å². The summed E-state index contributed by atoms with van der Waals surface area (Å²) < 4.78 is 0. The van der Waals surface area contributed by atoms with Gasteiger partial charge in [0, 0.05) is 12.1 Å². The predicted octanol–water partition coefficient (Wildman–Crippen LogP) is 1.47. The SMILES string of the molecule is CC1CNC(CCN(C)C2CC2)C1. The summed E-state index contributed by atoms with van der Waals surface area (Å²) >= 11 is 0. The average molecular weight is 182 g/mol. The Morgan fingerprint density at radius 2 is 2.15 bits per heavy atom. The van der Waals surface area contributed by atoms with Crippen LogP contribution in [0.4, 0.5) is 0 Å². The lowest BCUT2D eigenvalue weighted by Crippen LogP contribution is -2.29. The fourth-order valence-electron chi connectivity index (χ4n) is 2.30. The maximum Gasteiger partial charge on any atom is 0.00933 e. The van der Waals surface area contributed by atoms with Gasteiger partial charge in [-0.05, 0) is 51.7 Å². The van der Waals surface area contributed by atoms with E-state index in [2.05, 4.69) is 24.2 Å². The molecule has 2 fully saturated rings. The Morgan fingerprint density at radius 3 is 2.69 bits per heavy atom. The van der Waals surface area contributed by atoms with Crippen LogP contribution in [0.3, 0.4) is 0 Å². The first-order chi connectivity index (χ1) is 6.25. The standard InChI is InChI=1S/C11H22N2/c1-9-7-10(12-8-9)5-6-13(2)11-3-4-11/h9-12H,3-8H2,1-2H3. The molecule has 2 aliphatic rings. The molecular formula is C11H22N2. The molecule has 0 bridgehead atoms. The fourth-order valence-corrected chi connectivity index (χ4v) is 2.30. The first-order valence-electron chi connectivity index (χ1n) is 5.69. The Labute approximate surface area is 81.7 Å². The second kappa shape index (κ2) is 3.97. The normalized spacial score (nSPS) is 34.4. The third-order valence-electron chi connectivity index (χ3n) is 3.44. The van der Waals surface area contributed by atoms with E-state index < -0.39 is 0 Å². The second-order valence-electron chi connectivity index (χ2n) is 4.95. The van der Waals surface area contributed by atoms with Crippen molar-refractivity contribution >= 4 is 0 Å². The lowest BCUT2D eigenvalue weighted by atomic mass is 10.1. The number of nitrogens with one attached hydrogen (secondary N) is 1. The van der Waals surface area contributed by atoms with Crippen molar-refractivity contribution in [2.24, 2.45) is 5.92 Å². The molecule has 1 saturated carbocycles. The molecule has 2 rings (SSSR count). The summed E-state index contributed by atoms with van der Waals surface area (Å²) in [5.41, 5.74) is 0. The molecular weight excluding hydrogens is 160 g/mol. The number of hydrogen-bond donors (Lipinski definition) is 1. The third kappa shape index (κ3) is 2.68. The maximum atomic E-state index is 3.59. The molecule has 0 amide bonds. The lowest BCUT2D eigenvalue weighted by molar-refractivity contribution is 0.302. The van der Waals surface area contributed by atoms with E-state index in [1.54, 1.807) is 0 Å². The van der Waals surface area contributed by atoms with Crippen molar-refractivity contribution < 1.29 is 0 Å². The van der Waals surface area contributed by atoms with Gasteiger partial charge in [-0.1, -0.05) is 6.92 Å². The van der Waals surface area contributed by atoms with Crippen molar-refractivity contribution in [1.29, 1.82) is 0 Å². The largest absolute Gasteiger partial charge is 0.314 e. The highest BCUT2D eigenvalue weighted by molar-refractivity contribution is 4.85. The molecule has 1 aliphatic heterocycles. The van der Waals surface area contributed by atoms with E-state index in [0.717, 1.165) is 18.0 Å². The van der Waals surface area contributed by atoms with Crippen molar-refractivity contribution in [2.75, 3.05) is 20.1 Å². The first-order valence-corrected chi connectivity index (χ1v) is 5.69. The molecule has 2 heteroatoms. The second-order valence-corrected chi connectivity index (χ2v) is 4.95. The molecule has 13 heavy (non-hydrogen) atoms. The van der Waals surface area contributed by atoms with Gasteiger partial charge in [0.2, 0.25) is 0 Å². The molecule has 1 heterocycles. The van der Waals surface area contributed by atoms with Gasteiger partial charge in [0.05, 0.1) is 0 Å². The zero-order valence-electron chi connectivity index (χ0n) is 8.92. The average Bonchev–Trinajstić information content (AvgIpc) is 2.87. The highest BCUT2D eigenvalue weighted by atomic mass is 15.2. The van der Waals surface area contributed by atoms with Gasteiger partial charge in [0.25, 0.3) is 0 Å². The molecule has 0 aromatic carbocycles. The zero-order valence-corrected chi connectivity index (χ0v) is 8.92. The molecule has 2 unspecified atom stereocenters. The van der Waals surface area contributed by atoms with E-state index >= 15 is 0 Å². The van der Waals surface area contributed by atoms with Gasteiger partial charge in [-0.25, -0.2) is 0 Å². The van der Waals surface area contributed by atoms with Crippen LogP contribution < -0.4 is 5.32 Å². The minimum Gasteiger partial charge on any atom is -0.314 e. The minimum absolute atomic E-state index is 0.802. The van der Waals surface area contributed by atoms with Gasteiger partial charge < -0.3 is 10.2 Å². The van der Waals surface area contributed by atoms with E-state index in [1.165, 1.54) is 38.8 Å². The molecule has 76 valence electrons. The fraction of sp³-hybridized carbons (Fsp3) is 1.00. The molecule has 1 saturated heterocycles. The molecule has 1 N–H and O–H groups in total. The van der Waals surface area contributed by atoms with Crippen LogP contribution in [0.2, 0.25) is 0 Å². The van der Waals surface area contributed by atoms with Gasteiger partial charge in [-0.2, -0.15) is 0 Å². The maximum absolute atomic E-state index is 3.59. The van der Waals surface area contributed by atoms with Crippen LogP contribution in [0.1, 0.15) is 32.6 Å². The summed E-state index contributed by atoms with van der Waals surface area (Å²) in [5.74, 6) is 0.899. The van der Waals surface area contributed by atoms with Crippen LogP contribution in [0, 0.1) is 5.92 Å². The summed E-state index contributed by atoms with van der Waals surface area (Å²) in [6, 6.07) is 1.73. The quantitative estimate of drug-likeness (QED) is 0.708. The predicted molar refractivity (Wildman–Crippen MR) is 55.8 cm³/mol. The summed E-state index contributed by atoms with van der Waals surface area (Å²) in [4.78, 5) is 2.53. The van der Waals surface area contributed by atoms with Gasteiger partial charge in [-0.3, -0.25) is 0 Å². The summed E-state index contributed by atoms with van der Waals surface area (Å²) in [7, 11) is 2.27. The molecule has 0 aromatic rings. The Kier molecular flexibility index (Phi) is 2.89. The molecule has 0 aromatic heterocycles. The number of hydrogen-bond acceptors (Lipinski definition) is 2. The molecule has 2 atom stereocenters. The van der Waals surface area contributed by atoms with Gasteiger partial charge in [-0.15, -0.1) is 0 Å². The highest BCUT2D eigenvalue weighted by Gasteiger charge is 2.27. The highest BCUT2D eigenvalue weighted by Crippen LogP contribution is 2.26. The first kappa shape index (κ1) is 9.47. The van der Waals surface area contributed by atoms with E-state index in [4.69, 9.17) is 0 Å². The van der Waals surface area contributed by atoms with E-state index in [0.29, 0.717) is 0 Å². The monoisotopic (exact) mass is 182 g/mol. The smallest absolute Gasteiger partial charge is 0.00933 e. The molecule has 0 spiro atoms.